The van der Waals surface area contributed by atoms with Crippen LogP contribution in [0, 0.1) is 0 Å². The normalized spacial score (nSPS) is 11.9. The Morgan fingerprint density at radius 3 is 1.35 bits per heavy atom. The van der Waals surface area contributed by atoms with E-state index in [0.717, 1.165) is 25.9 Å². The molecule has 0 aliphatic carbocycles. The molecule has 0 saturated carbocycles. The number of rotatable bonds is 18. The molecule has 0 aliphatic heterocycles. The maximum atomic E-state index is 11.5. The van der Waals surface area contributed by atoms with Crippen molar-refractivity contribution in [2.75, 3.05) is 66.8 Å². The summed E-state index contributed by atoms with van der Waals surface area (Å²) in [4.78, 5) is 0. The van der Waals surface area contributed by atoms with Gasteiger partial charge in [0.15, 0.2) is 0 Å². The molecule has 0 aromatic rings. The summed E-state index contributed by atoms with van der Waals surface area (Å²) >= 11 is 0. The first kappa shape index (κ1) is 22.7. The summed E-state index contributed by atoms with van der Waals surface area (Å²) < 4.78 is 42.3. The van der Waals surface area contributed by atoms with Crippen LogP contribution >= 0.6 is 0 Å². The third-order valence-corrected chi connectivity index (χ3v) is 3.77. The van der Waals surface area contributed by atoms with Gasteiger partial charge in [-0.05, 0) is 51.9 Å². The predicted molar refractivity (Wildman–Crippen MR) is 88.8 cm³/mol. The van der Waals surface area contributed by atoms with Gasteiger partial charge in [-0.1, -0.05) is 0 Å². The van der Waals surface area contributed by atoms with E-state index in [1.165, 1.54) is 0 Å². The van der Waals surface area contributed by atoms with Gasteiger partial charge in [-0.25, -0.2) is 8.37 Å². The lowest BCUT2D eigenvalue weighted by Gasteiger charge is -2.07. The van der Waals surface area contributed by atoms with Gasteiger partial charge in [0, 0.05) is 27.4 Å². The third-order valence-electron chi connectivity index (χ3n) is 2.86. The predicted octanol–water partition coefficient (Wildman–Crippen LogP) is 0.297. The van der Waals surface area contributed by atoms with E-state index in [1.807, 2.05) is 0 Å². The van der Waals surface area contributed by atoms with E-state index in [-0.39, 0.29) is 13.2 Å². The molecule has 0 heterocycles. The maximum Gasteiger partial charge on any atom is 0.399 e. The van der Waals surface area contributed by atoms with Crippen LogP contribution in [0.5, 0.6) is 0 Å². The lowest BCUT2D eigenvalue weighted by atomic mass is 10.4. The van der Waals surface area contributed by atoms with Crippen molar-refractivity contribution in [3.63, 3.8) is 0 Å². The second-order valence-corrected chi connectivity index (χ2v) is 6.24. The zero-order valence-electron chi connectivity index (χ0n) is 14.3. The Labute approximate surface area is 140 Å². The molecule has 0 unspecified atom stereocenters. The van der Waals surface area contributed by atoms with Gasteiger partial charge in [-0.2, -0.15) is 8.42 Å². The summed E-state index contributed by atoms with van der Waals surface area (Å²) in [5.74, 6) is 0. The Hall–Kier alpha value is -0.290. The first-order chi connectivity index (χ1) is 11.1. The summed E-state index contributed by atoms with van der Waals surface area (Å²) in [5.41, 5.74) is 0. The summed E-state index contributed by atoms with van der Waals surface area (Å²) in [6, 6.07) is 0. The lowest BCUT2D eigenvalue weighted by molar-refractivity contribution is 0.192. The average Bonchev–Trinajstić information content (AvgIpc) is 2.52. The van der Waals surface area contributed by atoms with Crippen LogP contribution in [0.25, 0.3) is 0 Å². The number of hydrogen-bond donors (Lipinski definition) is 2. The smallest absolute Gasteiger partial charge is 0.385 e. The fraction of sp³-hybridized carbons (Fsp3) is 1.00. The monoisotopic (exact) mass is 356 g/mol. The Bertz CT molecular complexity index is 314. The molecule has 0 radical (unpaired) electrons. The van der Waals surface area contributed by atoms with Crippen molar-refractivity contribution in [1.29, 1.82) is 0 Å². The van der Waals surface area contributed by atoms with Crippen LogP contribution in [0.1, 0.15) is 25.7 Å². The van der Waals surface area contributed by atoms with Crippen molar-refractivity contribution in [1.82, 2.24) is 10.6 Å². The van der Waals surface area contributed by atoms with E-state index >= 15 is 0 Å². The largest absolute Gasteiger partial charge is 0.399 e. The number of hydrogen-bond acceptors (Lipinski definition) is 8. The van der Waals surface area contributed by atoms with E-state index < -0.39 is 10.4 Å². The van der Waals surface area contributed by atoms with Gasteiger partial charge in [0.25, 0.3) is 0 Å². The van der Waals surface area contributed by atoms with Crippen molar-refractivity contribution in [2.45, 2.75) is 25.7 Å². The second-order valence-electron chi connectivity index (χ2n) is 4.95. The second kappa shape index (κ2) is 16.6. The van der Waals surface area contributed by atoms with Crippen molar-refractivity contribution >= 4 is 10.4 Å². The van der Waals surface area contributed by atoms with Gasteiger partial charge in [0.05, 0.1) is 13.2 Å². The molecule has 0 rings (SSSR count). The number of ether oxygens (including phenoxy) is 2. The molecular formula is C14H32N2O6S. The number of methoxy groups -OCH3 is 2. The molecule has 2 N–H and O–H groups in total. The lowest BCUT2D eigenvalue weighted by Crippen LogP contribution is -2.21. The fourth-order valence-corrected chi connectivity index (χ4v) is 2.40. The Morgan fingerprint density at radius 1 is 0.652 bits per heavy atom. The van der Waals surface area contributed by atoms with Crippen LogP contribution in [0.4, 0.5) is 0 Å². The maximum absolute atomic E-state index is 11.5. The van der Waals surface area contributed by atoms with Gasteiger partial charge in [0.1, 0.15) is 0 Å². The summed E-state index contributed by atoms with van der Waals surface area (Å²) in [5, 5.41) is 6.35. The number of nitrogens with one attached hydrogen (secondary N) is 2. The Kier molecular flexibility index (Phi) is 16.4. The molecule has 0 amide bonds. The van der Waals surface area contributed by atoms with Gasteiger partial charge >= 0.3 is 10.4 Å². The molecule has 0 saturated heterocycles. The molecule has 0 aliphatic rings. The van der Waals surface area contributed by atoms with E-state index in [9.17, 15) is 8.42 Å². The van der Waals surface area contributed by atoms with Gasteiger partial charge in [-0.15, -0.1) is 0 Å². The molecule has 0 aromatic heterocycles. The van der Waals surface area contributed by atoms with Crippen molar-refractivity contribution in [2.24, 2.45) is 0 Å². The average molecular weight is 356 g/mol. The van der Waals surface area contributed by atoms with Gasteiger partial charge < -0.3 is 20.1 Å². The highest BCUT2D eigenvalue weighted by molar-refractivity contribution is 7.81. The topological polar surface area (TPSA) is 95.1 Å². The van der Waals surface area contributed by atoms with Crippen LogP contribution in [0.2, 0.25) is 0 Å². The van der Waals surface area contributed by atoms with E-state index in [4.69, 9.17) is 17.8 Å². The zero-order valence-corrected chi connectivity index (χ0v) is 15.2. The Balaban J connectivity index is 3.37. The van der Waals surface area contributed by atoms with Crippen molar-refractivity contribution in [3.8, 4) is 0 Å². The van der Waals surface area contributed by atoms with Crippen LogP contribution in [-0.4, -0.2) is 75.2 Å². The van der Waals surface area contributed by atoms with E-state index in [1.54, 1.807) is 14.2 Å². The standard InChI is InChI=1S/C14H32N2O6S/c1-19-11-3-7-15-9-5-13-21-23(17,18)22-14-6-10-16-8-4-12-20-2/h15-16H,3-14H2,1-2H3. The first-order valence-corrected chi connectivity index (χ1v) is 9.39. The Morgan fingerprint density at radius 2 is 1.00 bits per heavy atom. The van der Waals surface area contributed by atoms with E-state index in [0.29, 0.717) is 39.1 Å². The molecule has 23 heavy (non-hydrogen) atoms. The summed E-state index contributed by atoms with van der Waals surface area (Å²) in [6.45, 7) is 4.75. The molecule has 140 valence electrons. The van der Waals surface area contributed by atoms with Crippen LogP contribution in [0.3, 0.4) is 0 Å². The summed E-state index contributed by atoms with van der Waals surface area (Å²) in [6.07, 6.45) is 3.07. The molecule has 0 fully saturated rings. The van der Waals surface area contributed by atoms with Crippen molar-refractivity contribution in [3.05, 3.63) is 0 Å². The molecular weight excluding hydrogens is 324 g/mol. The van der Waals surface area contributed by atoms with Crippen LogP contribution < -0.4 is 10.6 Å². The molecule has 0 spiro atoms. The highest BCUT2D eigenvalue weighted by Gasteiger charge is 2.10. The van der Waals surface area contributed by atoms with Crippen LogP contribution in [0.15, 0.2) is 0 Å². The van der Waals surface area contributed by atoms with E-state index in [2.05, 4.69) is 10.6 Å². The minimum atomic E-state index is -3.88. The third kappa shape index (κ3) is 17.9. The molecule has 0 atom stereocenters. The van der Waals surface area contributed by atoms with Crippen LogP contribution in [-0.2, 0) is 28.2 Å². The fourth-order valence-electron chi connectivity index (χ4n) is 1.68. The first-order valence-electron chi connectivity index (χ1n) is 8.05. The molecule has 0 aromatic carbocycles. The van der Waals surface area contributed by atoms with Crippen molar-refractivity contribution < 1.29 is 26.3 Å². The molecule has 0 bridgehead atoms. The minimum absolute atomic E-state index is 0.120. The highest BCUT2D eigenvalue weighted by Crippen LogP contribution is 1.98. The summed E-state index contributed by atoms with van der Waals surface area (Å²) in [7, 11) is -0.554. The minimum Gasteiger partial charge on any atom is -0.385 e. The molecule has 9 heteroatoms. The van der Waals surface area contributed by atoms with Gasteiger partial charge in [-0.3, -0.25) is 0 Å². The molecule has 8 nitrogen and oxygen atoms in total. The highest BCUT2D eigenvalue weighted by atomic mass is 32.3. The SMILES string of the molecule is COCCCNCCCOS(=O)(=O)OCCCNCCCOC. The quantitative estimate of drug-likeness (QED) is 0.339. The van der Waals surface area contributed by atoms with Gasteiger partial charge in [0.2, 0.25) is 0 Å². The zero-order chi connectivity index (χ0) is 17.2.